The van der Waals surface area contributed by atoms with Crippen molar-refractivity contribution in [2.45, 2.75) is 98.2 Å². The van der Waals surface area contributed by atoms with Crippen molar-refractivity contribution in [3.63, 3.8) is 0 Å². The number of rotatable bonds is 9. The lowest BCUT2D eigenvalue weighted by Crippen LogP contribution is -2.43. The first kappa shape index (κ1) is 35.4. The second-order valence-electron chi connectivity index (χ2n) is 13.7. The molecule has 0 unspecified atom stereocenters. The Labute approximate surface area is 256 Å². The average molecular weight is 618 g/mol. The average Bonchev–Trinajstić information content (AvgIpc) is 2.80. The fourth-order valence-corrected chi connectivity index (χ4v) is 4.38. The van der Waals surface area contributed by atoms with Crippen LogP contribution in [0.5, 0.6) is 11.5 Å². The first-order valence-electron chi connectivity index (χ1n) is 14.2. The molecule has 12 heteroatoms. The maximum atomic E-state index is 13.1. The van der Waals surface area contributed by atoms with Crippen molar-refractivity contribution in [2.75, 3.05) is 18.1 Å². The molecule has 0 radical (unpaired) electrons. The molecule has 238 valence electrons. The van der Waals surface area contributed by atoms with Crippen molar-refractivity contribution in [2.24, 2.45) is 0 Å². The van der Waals surface area contributed by atoms with Crippen LogP contribution in [0.15, 0.2) is 42.5 Å². The number of pyridine rings is 1. The van der Waals surface area contributed by atoms with E-state index in [2.05, 4.69) is 38.8 Å². The zero-order chi connectivity index (χ0) is 32.8. The number of nitrogens with zero attached hydrogens (tertiary/aromatic N) is 3. The smallest absolute Gasteiger partial charge is 0.425 e. The second-order valence-corrected chi connectivity index (χ2v) is 18.4. The lowest BCUT2D eigenvalue weighted by molar-refractivity contribution is 0.0206. The van der Waals surface area contributed by atoms with Crippen molar-refractivity contribution in [3.8, 4) is 11.5 Å². The summed E-state index contributed by atoms with van der Waals surface area (Å²) in [5.74, 6) is 1.16. The highest BCUT2D eigenvalue weighted by atomic mass is 28.4. The standard InChI is InChI=1S/C31H47N3O8Si/c1-29(2,3)40-27(37)33(18-19-39-23-15-13-16-24(20-23)42-43(10,11)31(7,8)9)21-22-14-12-17-25(32-22)34(26(35)36)28(38)41-30(4,5)6/h12-17,20H,18-19,21H2,1-11H3,(H,35,36). The Bertz CT molecular complexity index is 1280. The molecule has 43 heavy (non-hydrogen) atoms. The molecule has 0 aliphatic carbocycles. The molecular weight excluding hydrogens is 570 g/mol. The van der Waals surface area contributed by atoms with Crippen LogP contribution in [0, 0.1) is 0 Å². The van der Waals surface area contributed by atoms with Crippen LogP contribution in [-0.2, 0) is 16.0 Å². The number of anilines is 1. The number of imide groups is 1. The van der Waals surface area contributed by atoms with Gasteiger partial charge in [-0.25, -0.2) is 19.4 Å². The highest BCUT2D eigenvalue weighted by molar-refractivity contribution is 6.74. The van der Waals surface area contributed by atoms with E-state index in [4.69, 9.17) is 18.6 Å². The van der Waals surface area contributed by atoms with Gasteiger partial charge < -0.3 is 23.7 Å². The molecule has 3 amide bonds. The summed E-state index contributed by atoms with van der Waals surface area (Å²) in [6.07, 6.45) is -3.22. The van der Waals surface area contributed by atoms with E-state index >= 15 is 0 Å². The summed E-state index contributed by atoms with van der Waals surface area (Å²) in [7, 11) is -2.04. The monoisotopic (exact) mass is 617 g/mol. The summed E-state index contributed by atoms with van der Waals surface area (Å²) < 4.78 is 23.2. The van der Waals surface area contributed by atoms with Crippen molar-refractivity contribution >= 4 is 32.4 Å². The number of carbonyl (C=O) groups is 3. The second kappa shape index (κ2) is 13.7. The summed E-state index contributed by atoms with van der Waals surface area (Å²) in [6, 6.07) is 12.0. The predicted octanol–water partition coefficient (Wildman–Crippen LogP) is 7.70. The van der Waals surface area contributed by atoms with E-state index < -0.39 is 37.8 Å². The van der Waals surface area contributed by atoms with Gasteiger partial charge >= 0.3 is 18.3 Å². The van der Waals surface area contributed by atoms with Crippen molar-refractivity contribution in [3.05, 3.63) is 48.2 Å². The highest BCUT2D eigenvalue weighted by Crippen LogP contribution is 2.38. The van der Waals surface area contributed by atoms with E-state index in [1.807, 2.05) is 24.3 Å². The molecule has 0 saturated heterocycles. The Kier molecular flexibility index (Phi) is 11.2. The topological polar surface area (TPSA) is 128 Å². The minimum atomic E-state index is -2.04. The molecule has 11 nitrogen and oxygen atoms in total. The molecule has 0 saturated carbocycles. The minimum absolute atomic E-state index is 0.0254. The van der Waals surface area contributed by atoms with Crippen molar-refractivity contribution in [1.29, 1.82) is 0 Å². The third-order valence-corrected chi connectivity index (χ3v) is 10.8. The molecule has 0 atom stereocenters. The Hall–Kier alpha value is -3.80. The van der Waals surface area contributed by atoms with Gasteiger partial charge in [0.25, 0.3) is 0 Å². The fourth-order valence-electron chi connectivity index (χ4n) is 3.36. The number of ether oxygens (including phenoxy) is 3. The number of hydrogen-bond acceptors (Lipinski definition) is 8. The fraction of sp³-hybridized carbons (Fsp3) is 0.548. The summed E-state index contributed by atoms with van der Waals surface area (Å²) in [5.41, 5.74) is -1.33. The number of aromatic nitrogens is 1. The number of benzene rings is 1. The minimum Gasteiger partial charge on any atom is -0.543 e. The van der Waals surface area contributed by atoms with Gasteiger partial charge in [0.15, 0.2) is 0 Å². The third kappa shape index (κ3) is 11.4. The number of hydrogen-bond donors (Lipinski definition) is 1. The molecule has 1 aromatic carbocycles. The summed E-state index contributed by atoms with van der Waals surface area (Å²) in [4.78, 5) is 43.8. The van der Waals surface area contributed by atoms with E-state index in [-0.39, 0.29) is 30.6 Å². The van der Waals surface area contributed by atoms with Crippen molar-refractivity contribution in [1.82, 2.24) is 9.88 Å². The van der Waals surface area contributed by atoms with Crippen LogP contribution < -0.4 is 14.1 Å². The molecule has 0 bridgehead atoms. The van der Waals surface area contributed by atoms with Gasteiger partial charge in [-0.3, -0.25) is 4.90 Å². The Balaban J connectivity index is 2.23. The highest BCUT2D eigenvalue weighted by Gasteiger charge is 2.39. The molecule has 0 aliphatic rings. The van der Waals surface area contributed by atoms with Crippen LogP contribution in [0.3, 0.4) is 0 Å². The van der Waals surface area contributed by atoms with Crippen LogP contribution in [0.4, 0.5) is 20.2 Å². The lowest BCUT2D eigenvalue weighted by Gasteiger charge is -2.36. The predicted molar refractivity (Wildman–Crippen MR) is 167 cm³/mol. The Morgan fingerprint density at radius 3 is 1.95 bits per heavy atom. The van der Waals surface area contributed by atoms with E-state index in [1.165, 1.54) is 11.0 Å². The molecule has 0 aliphatic heterocycles. The summed E-state index contributed by atoms with van der Waals surface area (Å²) in [6.45, 7) is 21.3. The quantitative estimate of drug-likeness (QED) is 0.281. The molecule has 1 N–H and O–H groups in total. The normalized spacial score (nSPS) is 12.3. The number of carbonyl (C=O) groups excluding carboxylic acids is 2. The zero-order valence-corrected chi connectivity index (χ0v) is 28.3. The SMILES string of the molecule is CC(C)(C)OC(=O)N(CCOc1cccc(O[Si](C)(C)C(C)(C)C)c1)Cc1cccc(N(C(=O)O)C(=O)OC(C)(C)C)n1. The van der Waals surface area contributed by atoms with Gasteiger partial charge in [0.05, 0.1) is 18.8 Å². The van der Waals surface area contributed by atoms with Crippen LogP contribution in [0.2, 0.25) is 18.1 Å². The third-order valence-electron chi connectivity index (χ3n) is 6.41. The van der Waals surface area contributed by atoms with E-state index in [0.29, 0.717) is 16.3 Å². The first-order valence-corrected chi connectivity index (χ1v) is 17.1. The molecule has 0 spiro atoms. The largest absolute Gasteiger partial charge is 0.543 e. The molecule has 2 aromatic rings. The molecule has 2 rings (SSSR count). The van der Waals surface area contributed by atoms with Crippen LogP contribution in [0.25, 0.3) is 0 Å². The van der Waals surface area contributed by atoms with Gasteiger partial charge in [0.2, 0.25) is 8.32 Å². The maximum absolute atomic E-state index is 13.1. The molecular formula is C31H47N3O8Si. The molecule has 1 aromatic heterocycles. The number of carboxylic acid groups (broad SMARTS) is 1. The number of amides is 3. The molecule has 1 heterocycles. The van der Waals surface area contributed by atoms with E-state index in [9.17, 15) is 19.5 Å². The van der Waals surface area contributed by atoms with Gasteiger partial charge in [-0.15, -0.1) is 0 Å². The lowest BCUT2D eigenvalue weighted by atomic mass is 10.2. The van der Waals surface area contributed by atoms with E-state index in [1.54, 1.807) is 53.7 Å². The Morgan fingerprint density at radius 2 is 1.40 bits per heavy atom. The van der Waals surface area contributed by atoms with Crippen molar-refractivity contribution < 1.29 is 38.1 Å². The van der Waals surface area contributed by atoms with Gasteiger partial charge in [0.1, 0.15) is 35.1 Å². The van der Waals surface area contributed by atoms with Crippen LogP contribution in [0.1, 0.15) is 68.0 Å². The van der Waals surface area contributed by atoms with Gasteiger partial charge in [0, 0.05) is 6.07 Å². The Morgan fingerprint density at radius 1 is 0.837 bits per heavy atom. The van der Waals surface area contributed by atoms with Crippen LogP contribution >= 0.6 is 0 Å². The first-order chi connectivity index (χ1) is 19.6. The zero-order valence-electron chi connectivity index (χ0n) is 27.3. The van der Waals surface area contributed by atoms with Gasteiger partial charge in [-0.1, -0.05) is 32.9 Å². The van der Waals surface area contributed by atoms with E-state index in [0.717, 1.165) is 5.75 Å². The summed E-state index contributed by atoms with van der Waals surface area (Å²) >= 11 is 0. The summed E-state index contributed by atoms with van der Waals surface area (Å²) in [5, 5.41) is 9.74. The van der Waals surface area contributed by atoms with Crippen LogP contribution in [-0.4, -0.2) is 65.9 Å². The maximum Gasteiger partial charge on any atom is 0.425 e. The molecule has 0 fully saturated rings. The van der Waals surface area contributed by atoms with Gasteiger partial charge in [-0.05, 0) is 83.9 Å². The van der Waals surface area contributed by atoms with Gasteiger partial charge in [-0.2, -0.15) is 4.90 Å².